The van der Waals surface area contributed by atoms with Crippen molar-refractivity contribution in [3.8, 4) is 5.75 Å². The maximum Gasteiger partial charge on any atom is 0.266 e. The van der Waals surface area contributed by atoms with Crippen LogP contribution >= 0.6 is 22.9 Å². The molecule has 1 aliphatic heterocycles. The number of amides is 1. The molecule has 4 rings (SSSR count). The number of nitrogens with zero attached hydrogens (tertiary/aromatic N) is 1. The summed E-state index contributed by atoms with van der Waals surface area (Å²) in [5, 5.41) is 1.26. The zero-order valence-corrected chi connectivity index (χ0v) is 18.2. The molecule has 1 aliphatic rings. The summed E-state index contributed by atoms with van der Waals surface area (Å²) in [6.07, 6.45) is 0.431. The first-order valence-corrected chi connectivity index (χ1v) is 12.2. The van der Waals surface area contributed by atoms with Gasteiger partial charge < -0.3 is 9.64 Å². The SMILES string of the molecule is COc1cccc(CN(C(=O)c2sc3ccccc3c2Cl)[C@H]2CCS(=O)(=O)C2)c1. The number of rotatable bonds is 5. The minimum Gasteiger partial charge on any atom is -0.497 e. The summed E-state index contributed by atoms with van der Waals surface area (Å²) >= 11 is 7.87. The molecule has 0 spiro atoms. The van der Waals surface area contributed by atoms with Gasteiger partial charge in [0.1, 0.15) is 10.6 Å². The van der Waals surface area contributed by atoms with Crippen LogP contribution in [0.15, 0.2) is 48.5 Å². The fraction of sp³-hybridized carbons (Fsp3) is 0.286. The van der Waals surface area contributed by atoms with Crippen LogP contribution in [0.5, 0.6) is 5.75 Å². The topological polar surface area (TPSA) is 63.7 Å². The lowest BCUT2D eigenvalue weighted by molar-refractivity contribution is 0.0686. The molecular formula is C21H20ClNO4S2. The average Bonchev–Trinajstić information content (AvgIpc) is 3.25. The van der Waals surface area contributed by atoms with Crippen molar-refractivity contribution in [1.82, 2.24) is 4.90 Å². The van der Waals surface area contributed by atoms with Gasteiger partial charge in [-0.3, -0.25) is 4.79 Å². The van der Waals surface area contributed by atoms with Gasteiger partial charge in [-0.25, -0.2) is 8.42 Å². The van der Waals surface area contributed by atoms with Crippen molar-refractivity contribution in [3.63, 3.8) is 0 Å². The maximum atomic E-state index is 13.5. The van der Waals surface area contributed by atoms with E-state index in [2.05, 4.69) is 0 Å². The second-order valence-corrected chi connectivity index (χ2v) is 10.7. The third kappa shape index (κ3) is 4.13. The summed E-state index contributed by atoms with van der Waals surface area (Å²) in [7, 11) is -1.56. The van der Waals surface area contributed by atoms with Crippen LogP contribution in [0.3, 0.4) is 0 Å². The molecule has 29 heavy (non-hydrogen) atoms. The summed E-state index contributed by atoms with van der Waals surface area (Å²) in [6, 6.07) is 14.7. The molecule has 0 saturated carbocycles. The third-order valence-electron chi connectivity index (χ3n) is 5.13. The molecule has 3 aromatic rings. The van der Waals surface area contributed by atoms with Gasteiger partial charge in [-0.15, -0.1) is 11.3 Å². The highest BCUT2D eigenvalue weighted by Gasteiger charge is 2.36. The highest BCUT2D eigenvalue weighted by molar-refractivity contribution is 7.91. The molecule has 152 valence electrons. The lowest BCUT2D eigenvalue weighted by Crippen LogP contribution is -2.40. The normalized spacial score (nSPS) is 18.1. The number of hydrogen-bond acceptors (Lipinski definition) is 5. The Hall–Kier alpha value is -2.09. The Morgan fingerprint density at radius 3 is 2.72 bits per heavy atom. The quantitative estimate of drug-likeness (QED) is 0.579. The van der Waals surface area contributed by atoms with E-state index in [-0.39, 0.29) is 23.5 Å². The Morgan fingerprint density at radius 2 is 2.03 bits per heavy atom. The fourth-order valence-corrected chi connectivity index (χ4v) is 6.84. The molecule has 0 unspecified atom stereocenters. The number of fused-ring (bicyclic) bond motifs is 1. The first-order valence-electron chi connectivity index (χ1n) is 9.19. The van der Waals surface area contributed by atoms with E-state index in [1.165, 1.54) is 11.3 Å². The number of hydrogen-bond donors (Lipinski definition) is 0. The van der Waals surface area contributed by atoms with Gasteiger partial charge in [-0.05, 0) is 30.2 Å². The van der Waals surface area contributed by atoms with Crippen LogP contribution in [0, 0.1) is 0 Å². The molecule has 0 aliphatic carbocycles. The van der Waals surface area contributed by atoms with Crippen molar-refractivity contribution in [3.05, 3.63) is 64.0 Å². The number of sulfone groups is 1. The Bertz CT molecular complexity index is 1170. The summed E-state index contributed by atoms with van der Waals surface area (Å²) in [5.41, 5.74) is 0.874. The summed E-state index contributed by atoms with van der Waals surface area (Å²) < 4.78 is 30.4. The predicted molar refractivity (Wildman–Crippen MR) is 117 cm³/mol. The van der Waals surface area contributed by atoms with E-state index in [0.29, 0.717) is 28.6 Å². The van der Waals surface area contributed by atoms with Crippen molar-refractivity contribution in [2.45, 2.75) is 19.0 Å². The van der Waals surface area contributed by atoms with Crippen LogP contribution in [0.2, 0.25) is 5.02 Å². The van der Waals surface area contributed by atoms with Crippen LogP contribution in [0.1, 0.15) is 21.7 Å². The monoisotopic (exact) mass is 449 g/mol. The largest absolute Gasteiger partial charge is 0.497 e. The molecule has 5 nitrogen and oxygen atoms in total. The summed E-state index contributed by atoms with van der Waals surface area (Å²) in [4.78, 5) is 15.6. The number of carbonyl (C=O) groups excluding carboxylic acids is 1. The minimum atomic E-state index is -3.14. The molecule has 8 heteroatoms. The zero-order chi connectivity index (χ0) is 20.6. The number of ether oxygens (including phenoxy) is 1. The second-order valence-electron chi connectivity index (χ2n) is 7.08. The van der Waals surface area contributed by atoms with Gasteiger partial charge in [0.2, 0.25) is 0 Å². The average molecular weight is 450 g/mol. The lowest BCUT2D eigenvalue weighted by Gasteiger charge is -2.28. The van der Waals surface area contributed by atoms with E-state index in [4.69, 9.17) is 16.3 Å². The molecule has 1 aromatic heterocycles. The van der Waals surface area contributed by atoms with Crippen molar-refractivity contribution in [2.75, 3.05) is 18.6 Å². The van der Waals surface area contributed by atoms with Gasteiger partial charge in [0.25, 0.3) is 5.91 Å². The number of methoxy groups -OCH3 is 1. The first-order chi connectivity index (χ1) is 13.9. The molecule has 2 aromatic carbocycles. The van der Waals surface area contributed by atoms with Crippen LogP contribution in [-0.4, -0.2) is 43.9 Å². The molecule has 1 atom stereocenters. The molecule has 1 amide bonds. The lowest BCUT2D eigenvalue weighted by atomic mass is 10.1. The Morgan fingerprint density at radius 1 is 1.24 bits per heavy atom. The van der Waals surface area contributed by atoms with E-state index < -0.39 is 9.84 Å². The van der Waals surface area contributed by atoms with Gasteiger partial charge in [0.05, 0.1) is 23.6 Å². The van der Waals surface area contributed by atoms with Gasteiger partial charge in [-0.1, -0.05) is 41.9 Å². The van der Waals surface area contributed by atoms with Crippen LogP contribution in [0.25, 0.3) is 10.1 Å². The predicted octanol–water partition coefficient (Wildman–Crippen LogP) is 4.39. The van der Waals surface area contributed by atoms with Gasteiger partial charge in [0, 0.05) is 22.7 Å². The first kappa shape index (κ1) is 20.2. The van der Waals surface area contributed by atoms with E-state index in [0.717, 1.165) is 15.6 Å². The maximum absolute atomic E-state index is 13.5. The molecular weight excluding hydrogens is 430 g/mol. The van der Waals surface area contributed by atoms with Gasteiger partial charge in [0.15, 0.2) is 9.84 Å². The molecule has 2 heterocycles. The Kier molecular flexibility index (Phi) is 5.55. The number of halogens is 1. The standard InChI is InChI=1S/C21H20ClNO4S2/c1-27-16-6-4-5-14(11-16)12-23(15-9-10-29(25,26)13-15)21(24)20-19(22)17-7-2-3-8-18(17)28-20/h2-8,11,15H,9-10,12-13H2,1H3/t15-/m0/s1. The molecule has 1 saturated heterocycles. The highest BCUT2D eigenvalue weighted by Crippen LogP contribution is 2.37. The molecule has 0 radical (unpaired) electrons. The van der Waals surface area contributed by atoms with E-state index in [1.54, 1.807) is 12.0 Å². The fourth-order valence-electron chi connectivity index (χ4n) is 3.64. The van der Waals surface area contributed by atoms with E-state index in [9.17, 15) is 13.2 Å². The van der Waals surface area contributed by atoms with E-state index in [1.807, 2.05) is 48.5 Å². The van der Waals surface area contributed by atoms with Crippen molar-refractivity contribution in [2.24, 2.45) is 0 Å². The highest BCUT2D eigenvalue weighted by atomic mass is 35.5. The van der Waals surface area contributed by atoms with Gasteiger partial charge >= 0.3 is 0 Å². The van der Waals surface area contributed by atoms with Crippen LogP contribution in [-0.2, 0) is 16.4 Å². The van der Waals surface area contributed by atoms with Gasteiger partial charge in [-0.2, -0.15) is 0 Å². The Labute approximate surface area is 178 Å². The van der Waals surface area contributed by atoms with Crippen molar-refractivity contribution < 1.29 is 17.9 Å². The molecule has 1 fully saturated rings. The molecule has 0 N–H and O–H groups in total. The number of thiophene rings is 1. The summed E-state index contributed by atoms with van der Waals surface area (Å²) in [5.74, 6) is 0.528. The third-order valence-corrected chi connectivity index (χ3v) is 8.54. The zero-order valence-electron chi connectivity index (χ0n) is 15.8. The van der Waals surface area contributed by atoms with Crippen LogP contribution < -0.4 is 4.74 Å². The number of carbonyl (C=O) groups is 1. The summed E-state index contributed by atoms with van der Waals surface area (Å²) in [6.45, 7) is 0.292. The molecule has 0 bridgehead atoms. The van der Waals surface area contributed by atoms with Crippen molar-refractivity contribution in [1.29, 1.82) is 0 Å². The Balaban J connectivity index is 1.72. The van der Waals surface area contributed by atoms with Crippen LogP contribution in [0.4, 0.5) is 0 Å². The van der Waals surface area contributed by atoms with E-state index >= 15 is 0 Å². The second kappa shape index (κ2) is 7.97. The minimum absolute atomic E-state index is 0.0226. The van der Waals surface area contributed by atoms with Crippen molar-refractivity contribution >= 4 is 48.8 Å². The number of benzene rings is 2. The smallest absolute Gasteiger partial charge is 0.266 e.